The average molecular weight is 944 g/mol. The Morgan fingerprint density at radius 3 is 0.851 bits per heavy atom. The van der Waals surface area contributed by atoms with E-state index in [2.05, 4.69) is 45.1 Å². The molecule has 0 unspecified atom stereocenters. The average Bonchev–Trinajstić information content (AvgIpc) is 3.33. The van der Waals surface area contributed by atoms with Crippen LogP contribution in [0.3, 0.4) is 0 Å². The first-order valence-electron chi connectivity index (χ1n) is 29.8. The zero-order chi connectivity index (χ0) is 48.6. The Bertz CT molecular complexity index is 1080. The van der Waals surface area contributed by atoms with Crippen molar-refractivity contribution in [3.05, 3.63) is 24.3 Å². The van der Waals surface area contributed by atoms with Crippen LogP contribution in [0.5, 0.6) is 0 Å². The van der Waals surface area contributed by atoms with Gasteiger partial charge in [-0.05, 0) is 51.4 Å². The first-order chi connectivity index (χ1) is 33.0. The van der Waals surface area contributed by atoms with Gasteiger partial charge in [0.25, 0.3) is 0 Å². The molecule has 0 radical (unpaired) electrons. The molecule has 0 aromatic carbocycles. The largest absolute Gasteiger partial charge is 0.462 e. The van der Waals surface area contributed by atoms with E-state index in [9.17, 15) is 14.4 Å². The Hall–Kier alpha value is -2.11. The third kappa shape index (κ3) is 54.7. The molecule has 0 aliphatic carbocycles. The number of allylic oxidation sites excluding steroid dienone is 4. The molecule has 0 N–H and O–H groups in total. The van der Waals surface area contributed by atoms with E-state index in [0.717, 1.165) is 77.0 Å². The molecule has 394 valence electrons. The van der Waals surface area contributed by atoms with Gasteiger partial charge in [-0.15, -0.1) is 0 Å². The van der Waals surface area contributed by atoms with Crippen molar-refractivity contribution in [2.24, 2.45) is 0 Å². The summed E-state index contributed by atoms with van der Waals surface area (Å²) in [4.78, 5) is 38.2. The van der Waals surface area contributed by atoms with Gasteiger partial charge in [0.1, 0.15) is 13.2 Å². The van der Waals surface area contributed by atoms with Crippen LogP contribution in [-0.4, -0.2) is 37.2 Å². The zero-order valence-corrected chi connectivity index (χ0v) is 45.2. The Labute approximate surface area is 417 Å². The van der Waals surface area contributed by atoms with Gasteiger partial charge in [0, 0.05) is 19.3 Å². The molecule has 0 bridgehead atoms. The van der Waals surface area contributed by atoms with Crippen LogP contribution in [0, 0.1) is 0 Å². The van der Waals surface area contributed by atoms with E-state index in [4.69, 9.17) is 14.2 Å². The highest BCUT2D eigenvalue weighted by Crippen LogP contribution is 2.17. The Kier molecular flexibility index (Phi) is 54.7. The summed E-state index contributed by atoms with van der Waals surface area (Å²) >= 11 is 0. The maximum Gasteiger partial charge on any atom is 0.306 e. The smallest absolute Gasteiger partial charge is 0.306 e. The van der Waals surface area contributed by atoms with Gasteiger partial charge in [-0.25, -0.2) is 0 Å². The summed E-state index contributed by atoms with van der Waals surface area (Å²) < 4.78 is 16.9. The second kappa shape index (κ2) is 56.5. The zero-order valence-electron chi connectivity index (χ0n) is 45.2. The molecule has 1 atom stereocenters. The highest BCUT2D eigenvalue weighted by atomic mass is 16.6. The first kappa shape index (κ1) is 64.9. The molecule has 67 heavy (non-hydrogen) atoms. The fraction of sp³-hybridized carbons (Fsp3) is 0.885. The summed E-state index contributed by atoms with van der Waals surface area (Å²) in [5.74, 6) is -0.860. The highest BCUT2D eigenvalue weighted by molar-refractivity contribution is 5.71. The fourth-order valence-corrected chi connectivity index (χ4v) is 8.95. The summed E-state index contributed by atoms with van der Waals surface area (Å²) in [7, 11) is 0. The maximum absolute atomic E-state index is 12.9. The minimum absolute atomic E-state index is 0.0699. The molecule has 0 amide bonds. The number of carbonyl (C=O) groups is 3. The van der Waals surface area contributed by atoms with Crippen molar-refractivity contribution in [2.75, 3.05) is 13.2 Å². The molecule has 0 fully saturated rings. The van der Waals surface area contributed by atoms with Gasteiger partial charge in [0.15, 0.2) is 6.10 Å². The van der Waals surface area contributed by atoms with Gasteiger partial charge < -0.3 is 14.2 Å². The minimum atomic E-state index is -0.772. The van der Waals surface area contributed by atoms with E-state index in [0.29, 0.717) is 19.3 Å². The van der Waals surface area contributed by atoms with Gasteiger partial charge in [0.05, 0.1) is 0 Å². The Morgan fingerprint density at radius 2 is 0.537 bits per heavy atom. The molecular weight excluding hydrogens is 829 g/mol. The molecule has 0 aromatic heterocycles. The number of rotatable bonds is 55. The van der Waals surface area contributed by atoms with Crippen molar-refractivity contribution < 1.29 is 28.6 Å². The van der Waals surface area contributed by atoms with Gasteiger partial charge in [-0.3, -0.25) is 14.4 Å². The number of ether oxygens (including phenoxy) is 3. The summed E-state index contributed by atoms with van der Waals surface area (Å²) in [5, 5.41) is 0. The van der Waals surface area contributed by atoms with Crippen molar-refractivity contribution in [3.8, 4) is 0 Å². The van der Waals surface area contributed by atoms with E-state index in [-0.39, 0.29) is 31.1 Å². The highest BCUT2D eigenvalue weighted by Gasteiger charge is 2.19. The first-order valence-corrected chi connectivity index (χ1v) is 29.8. The molecule has 6 nitrogen and oxygen atoms in total. The fourth-order valence-electron chi connectivity index (χ4n) is 8.95. The summed E-state index contributed by atoms with van der Waals surface area (Å²) in [6.07, 6.45) is 66.0. The van der Waals surface area contributed by atoms with Crippen molar-refractivity contribution in [3.63, 3.8) is 0 Å². The maximum atomic E-state index is 12.9. The van der Waals surface area contributed by atoms with Crippen LogP contribution in [-0.2, 0) is 28.6 Å². The molecule has 0 aliphatic rings. The number of hydrogen-bond donors (Lipinski definition) is 0. The predicted molar refractivity (Wildman–Crippen MR) is 289 cm³/mol. The molecule has 0 rings (SSSR count). The standard InChI is InChI=1S/C61H114O6/c1-4-7-10-13-16-19-22-25-28-29-30-31-34-36-39-42-45-48-51-54-60(63)66-57-58(67-61(64)55-52-49-46-43-40-37-33-27-24-21-18-15-12-9-6-3)56-65-59(62)53-50-47-44-41-38-35-32-26-23-20-17-14-11-8-5-2/h17,20,26,32,58H,4-16,18-19,21-25,27-31,33-57H2,1-3H3/b20-17-,32-26-/t58-/m1/s1. The quantitative estimate of drug-likeness (QED) is 0.0262. The topological polar surface area (TPSA) is 78.9 Å². The van der Waals surface area contributed by atoms with Crippen molar-refractivity contribution in [2.45, 2.75) is 335 Å². The van der Waals surface area contributed by atoms with E-state index >= 15 is 0 Å². The molecule has 0 heterocycles. The normalized spacial score (nSPS) is 12.1. The van der Waals surface area contributed by atoms with Crippen LogP contribution in [0.25, 0.3) is 0 Å². The predicted octanol–water partition coefficient (Wildman–Crippen LogP) is 19.9. The Balaban J connectivity index is 4.31. The van der Waals surface area contributed by atoms with Gasteiger partial charge in [-0.1, -0.05) is 283 Å². The summed E-state index contributed by atoms with van der Waals surface area (Å²) in [5.41, 5.74) is 0. The SMILES string of the molecule is CCCCC/C=C\C/C=C\CCCCCCCC(=O)OC[C@H](COC(=O)CCCCCCCCCCCCCCCCCCCCC)OC(=O)CCCCCCCCCCCCCCCCC. The van der Waals surface area contributed by atoms with E-state index in [1.807, 2.05) is 0 Å². The minimum Gasteiger partial charge on any atom is -0.462 e. The lowest BCUT2D eigenvalue weighted by atomic mass is 10.0. The molecule has 6 heteroatoms. The molecule has 0 aromatic rings. The lowest BCUT2D eigenvalue weighted by Gasteiger charge is -2.18. The van der Waals surface area contributed by atoms with Crippen LogP contribution in [0.1, 0.15) is 329 Å². The van der Waals surface area contributed by atoms with Crippen LogP contribution in [0.4, 0.5) is 0 Å². The monoisotopic (exact) mass is 943 g/mol. The third-order valence-corrected chi connectivity index (χ3v) is 13.5. The van der Waals surface area contributed by atoms with Gasteiger partial charge in [0.2, 0.25) is 0 Å². The summed E-state index contributed by atoms with van der Waals surface area (Å²) in [6.45, 7) is 6.66. The number of hydrogen-bond acceptors (Lipinski definition) is 6. The van der Waals surface area contributed by atoms with Crippen molar-refractivity contribution in [1.29, 1.82) is 0 Å². The Morgan fingerprint density at radius 1 is 0.299 bits per heavy atom. The molecule has 0 spiro atoms. The second-order valence-corrected chi connectivity index (χ2v) is 20.3. The van der Waals surface area contributed by atoms with Crippen LogP contribution >= 0.6 is 0 Å². The van der Waals surface area contributed by atoms with Crippen LogP contribution in [0.2, 0.25) is 0 Å². The summed E-state index contributed by atoms with van der Waals surface area (Å²) in [6, 6.07) is 0. The second-order valence-electron chi connectivity index (χ2n) is 20.3. The van der Waals surface area contributed by atoms with E-state index < -0.39 is 6.10 Å². The molecule has 0 aliphatic heterocycles. The number of esters is 3. The van der Waals surface area contributed by atoms with Gasteiger partial charge >= 0.3 is 17.9 Å². The van der Waals surface area contributed by atoms with Crippen molar-refractivity contribution >= 4 is 17.9 Å². The van der Waals surface area contributed by atoms with E-state index in [1.54, 1.807) is 0 Å². The van der Waals surface area contributed by atoms with Crippen LogP contribution in [0.15, 0.2) is 24.3 Å². The van der Waals surface area contributed by atoms with E-state index in [1.165, 1.54) is 212 Å². The molecule has 0 saturated carbocycles. The van der Waals surface area contributed by atoms with Crippen molar-refractivity contribution in [1.82, 2.24) is 0 Å². The van der Waals surface area contributed by atoms with Crippen LogP contribution < -0.4 is 0 Å². The van der Waals surface area contributed by atoms with Gasteiger partial charge in [-0.2, -0.15) is 0 Å². The lowest BCUT2D eigenvalue weighted by molar-refractivity contribution is -0.167. The lowest BCUT2D eigenvalue weighted by Crippen LogP contribution is -2.30. The molecular formula is C61H114O6. The third-order valence-electron chi connectivity index (χ3n) is 13.5. The number of unbranched alkanes of at least 4 members (excludes halogenated alkanes) is 40. The number of carbonyl (C=O) groups excluding carboxylic acids is 3. The molecule has 0 saturated heterocycles.